The minimum atomic E-state index is 0.652. The summed E-state index contributed by atoms with van der Waals surface area (Å²) in [5, 5.41) is 3.36. The van der Waals surface area contributed by atoms with Crippen molar-refractivity contribution in [3.05, 3.63) is 18.3 Å². The van der Waals surface area contributed by atoms with E-state index in [0.717, 1.165) is 18.8 Å². The number of rotatable bonds is 6. The van der Waals surface area contributed by atoms with Gasteiger partial charge in [-0.05, 0) is 31.9 Å². The highest BCUT2D eigenvalue weighted by Gasteiger charge is 2.21. The Balaban J connectivity index is 1.96. The Kier molecular flexibility index (Phi) is 5.65. The molecule has 1 aromatic heterocycles. The van der Waals surface area contributed by atoms with E-state index in [9.17, 15) is 0 Å². The highest BCUT2D eigenvalue weighted by molar-refractivity contribution is 5.54. The number of hydrogen-bond acceptors (Lipinski definition) is 4. The lowest BCUT2D eigenvalue weighted by atomic mass is 10.0. The van der Waals surface area contributed by atoms with Crippen molar-refractivity contribution in [3.63, 3.8) is 0 Å². The molecule has 1 N–H and O–H groups in total. The number of piperidine rings is 1. The Morgan fingerprint density at radius 3 is 2.75 bits per heavy atom. The van der Waals surface area contributed by atoms with Crippen LogP contribution in [0.1, 0.15) is 33.1 Å². The Morgan fingerprint density at radius 1 is 1.35 bits per heavy atom. The molecule has 0 aromatic carbocycles. The lowest BCUT2D eigenvalue weighted by Gasteiger charge is -2.37. The standard InChI is InChI=1S/C16H28N4/c1-4-9-17-16-13-15(6-10-18-16)19(3)14-7-11-20(5-2)12-8-14/h6,10,13-14H,4-5,7-9,11-12H2,1-3H3,(H,17,18). The number of anilines is 2. The summed E-state index contributed by atoms with van der Waals surface area (Å²) in [6, 6.07) is 4.93. The van der Waals surface area contributed by atoms with Gasteiger partial charge in [-0.1, -0.05) is 13.8 Å². The molecule has 0 radical (unpaired) electrons. The van der Waals surface area contributed by atoms with Crippen LogP contribution in [0, 0.1) is 0 Å². The Labute approximate surface area is 123 Å². The second kappa shape index (κ2) is 7.48. The number of aromatic nitrogens is 1. The third-order valence-electron chi connectivity index (χ3n) is 4.26. The largest absolute Gasteiger partial charge is 0.371 e. The molecule has 0 unspecified atom stereocenters. The van der Waals surface area contributed by atoms with Crippen molar-refractivity contribution in [1.82, 2.24) is 9.88 Å². The van der Waals surface area contributed by atoms with E-state index < -0.39 is 0 Å². The third-order valence-corrected chi connectivity index (χ3v) is 4.26. The van der Waals surface area contributed by atoms with E-state index in [1.807, 2.05) is 6.20 Å². The van der Waals surface area contributed by atoms with E-state index in [1.165, 1.54) is 38.2 Å². The average molecular weight is 276 g/mol. The van der Waals surface area contributed by atoms with Gasteiger partial charge < -0.3 is 15.1 Å². The molecule has 1 fully saturated rings. The van der Waals surface area contributed by atoms with Gasteiger partial charge in [-0.15, -0.1) is 0 Å². The summed E-state index contributed by atoms with van der Waals surface area (Å²) in [7, 11) is 2.21. The fraction of sp³-hybridized carbons (Fsp3) is 0.688. The monoisotopic (exact) mass is 276 g/mol. The first kappa shape index (κ1) is 15.1. The lowest BCUT2D eigenvalue weighted by molar-refractivity contribution is 0.221. The number of likely N-dealkylation sites (tertiary alicyclic amines) is 1. The van der Waals surface area contributed by atoms with Gasteiger partial charge in [-0.25, -0.2) is 4.98 Å². The molecule has 0 bridgehead atoms. The first-order valence-corrected chi connectivity index (χ1v) is 7.89. The summed E-state index contributed by atoms with van der Waals surface area (Å²) in [6.07, 6.45) is 5.54. The van der Waals surface area contributed by atoms with E-state index in [0.29, 0.717) is 6.04 Å². The van der Waals surface area contributed by atoms with E-state index in [-0.39, 0.29) is 0 Å². The van der Waals surface area contributed by atoms with Gasteiger partial charge in [0, 0.05) is 50.7 Å². The van der Waals surface area contributed by atoms with E-state index in [2.05, 4.69) is 53.1 Å². The van der Waals surface area contributed by atoms with Gasteiger partial charge in [-0.2, -0.15) is 0 Å². The summed E-state index contributed by atoms with van der Waals surface area (Å²) in [6.45, 7) is 9.02. The van der Waals surface area contributed by atoms with Gasteiger partial charge in [-0.3, -0.25) is 0 Å². The summed E-state index contributed by atoms with van der Waals surface area (Å²) in [5.41, 5.74) is 1.27. The second-order valence-electron chi connectivity index (χ2n) is 5.60. The van der Waals surface area contributed by atoms with Crippen LogP contribution in [-0.2, 0) is 0 Å². The molecule has 1 aliphatic rings. The fourth-order valence-corrected chi connectivity index (χ4v) is 2.82. The first-order valence-electron chi connectivity index (χ1n) is 7.89. The minimum absolute atomic E-state index is 0.652. The molecule has 0 aliphatic carbocycles. The van der Waals surface area contributed by atoms with Crippen LogP contribution >= 0.6 is 0 Å². The van der Waals surface area contributed by atoms with Gasteiger partial charge in [0.2, 0.25) is 0 Å². The van der Waals surface area contributed by atoms with Crippen LogP contribution < -0.4 is 10.2 Å². The number of nitrogens with zero attached hydrogens (tertiary/aromatic N) is 3. The van der Waals surface area contributed by atoms with Crippen LogP contribution in [0.4, 0.5) is 11.5 Å². The van der Waals surface area contributed by atoms with Crippen molar-refractivity contribution in [2.24, 2.45) is 0 Å². The van der Waals surface area contributed by atoms with Crippen LogP contribution in [0.5, 0.6) is 0 Å². The normalized spacial score (nSPS) is 17.1. The zero-order valence-corrected chi connectivity index (χ0v) is 13.1. The Bertz CT molecular complexity index is 399. The zero-order chi connectivity index (χ0) is 14.4. The van der Waals surface area contributed by atoms with Gasteiger partial charge in [0.25, 0.3) is 0 Å². The molecule has 0 saturated carbocycles. The highest BCUT2D eigenvalue weighted by atomic mass is 15.2. The predicted molar refractivity (Wildman–Crippen MR) is 86.6 cm³/mol. The SMILES string of the molecule is CCCNc1cc(N(C)C2CCN(CC)CC2)ccn1. The molecule has 1 aliphatic heterocycles. The lowest BCUT2D eigenvalue weighted by Crippen LogP contribution is -2.43. The molecule has 4 heteroatoms. The van der Waals surface area contributed by atoms with E-state index in [1.54, 1.807) is 0 Å². The molecule has 20 heavy (non-hydrogen) atoms. The van der Waals surface area contributed by atoms with Crippen LogP contribution in [0.3, 0.4) is 0 Å². The highest BCUT2D eigenvalue weighted by Crippen LogP contribution is 2.23. The first-order chi connectivity index (χ1) is 9.74. The molecular weight excluding hydrogens is 248 g/mol. The maximum absolute atomic E-state index is 4.38. The van der Waals surface area contributed by atoms with Crippen LogP contribution in [0.25, 0.3) is 0 Å². The van der Waals surface area contributed by atoms with Crippen molar-refractivity contribution in [1.29, 1.82) is 0 Å². The molecule has 2 heterocycles. The predicted octanol–water partition coefficient (Wildman–Crippen LogP) is 2.82. The zero-order valence-electron chi connectivity index (χ0n) is 13.1. The summed E-state index contributed by atoms with van der Waals surface area (Å²) >= 11 is 0. The van der Waals surface area contributed by atoms with E-state index >= 15 is 0 Å². The molecule has 1 aromatic rings. The molecule has 2 rings (SSSR count). The molecule has 0 spiro atoms. The van der Waals surface area contributed by atoms with Crippen LogP contribution in [0.2, 0.25) is 0 Å². The quantitative estimate of drug-likeness (QED) is 0.866. The Morgan fingerprint density at radius 2 is 2.10 bits per heavy atom. The third kappa shape index (κ3) is 3.85. The number of pyridine rings is 1. The van der Waals surface area contributed by atoms with Crippen LogP contribution in [-0.4, -0.2) is 49.2 Å². The van der Waals surface area contributed by atoms with Crippen molar-refractivity contribution < 1.29 is 0 Å². The number of nitrogens with one attached hydrogen (secondary N) is 1. The Hall–Kier alpha value is -1.29. The number of hydrogen-bond donors (Lipinski definition) is 1. The molecule has 1 saturated heterocycles. The molecule has 0 atom stereocenters. The molecule has 0 amide bonds. The van der Waals surface area contributed by atoms with Crippen molar-refractivity contribution in [2.45, 2.75) is 39.2 Å². The van der Waals surface area contributed by atoms with Gasteiger partial charge in [0.15, 0.2) is 0 Å². The van der Waals surface area contributed by atoms with Crippen molar-refractivity contribution in [2.75, 3.05) is 43.4 Å². The molecule has 112 valence electrons. The van der Waals surface area contributed by atoms with Gasteiger partial charge in [0.05, 0.1) is 0 Å². The van der Waals surface area contributed by atoms with Gasteiger partial charge in [0.1, 0.15) is 5.82 Å². The van der Waals surface area contributed by atoms with E-state index in [4.69, 9.17) is 0 Å². The minimum Gasteiger partial charge on any atom is -0.371 e. The van der Waals surface area contributed by atoms with Crippen molar-refractivity contribution in [3.8, 4) is 0 Å². The van der Waals surface area contributed by atoms with Crippen LogP contribution in [0.15, 0.2) is 18.3 Å². The summed E-state index contributed by atoms with van der Waals surface area (Å²) in [4.78, 5) is 9.34. The summed E-state index contributed by atoms with van der Waals surface area (Å²) in [5.74, 6) is 0.988. The molecule has 4 nitrogen and oxygen atoms in total. The average Bonchev–Trinajstić information content (AvgIpc) is 2.52. The topological polar surface area (TPSA) is 31.4 Å². The van der Waals surface area contributed by atoms with Crippen molar-refractivity contribution >= 4 is 11.5 Å². The molecular formula is C16H28N4. The van der Waals surface area contributed by atoms with Gasteiger partial charge >= 0.3 is 0 Å². The second-order valence-corrected chi connectivity index (χ2v) is 5.60. The maximum atomic E-state index is 4.38. The maximum Gasteiger partial charge on any atom is 0.127 e. The fourth-order valence-electron chi connectivity index (χ4n) is 2.82. The summed E-state index contributed by atoms with van der Waals surface area (Å²) < 4.78 is 0. The smallest absolute Gasteiger partial charge is 0.127 e.